The quantitative estimate of drug-likeness (QED) is 0.326. The monoisotopic (exact) mass is 600 g/mol. The number of methoxy groups -OCH3 is 1. The topological polar surface area (TPSA) is 59.1 Å². The number of rotatable bonds is 5. The molecule has 226 valence electrons. The molecule has 3 rings (SSSR count). The summed E-state index contributed by atoms with van der Waals surface area (Å²) in [5.74, 6) is -1.43. The summed E-state index contributed by atoms with van der Waals surface area (Å²) in [5.41, 5.74) is -5.57. The van der Waals surface area contributed by atoms with Crippen LogP contribution in [-0.4, -0.2) is 43.9 Å². The van der Waals surface area contributed by atoms with Crippen molar-refractivity contribution in [2.45, 2.75) is 56.8 Å². The first kappa shape index (κ1) is 31.9. The van der Waals surface area contributed by atoms with Crippen LogP contribution < -0.4 is 4.90 Å². The summed E-state index contributed by atoms with van der Waals surface area (Å²) in [5, 5.41) is 0. The molecule has 2 aromatic carbocycles. The van der Waals surface area contributed by atoms with Gasteiger partial charge < -0.3 is 14.4 Å². The van der Waals surface area contributed by atoms with Crippen molar-refractivity contribution in [3.8, 4) is 0 Å². The van der Waals surface area contributed by atoms with Crippen molar-refractivity contribution in [3.63, 3.8) is 0 Å². The summed E-state index contributed by atoms with van der Waals surface area (Å²) in [6.45, 7) is 2.85. The molecule has 0 aromatic heterocycles. The van der Waals surface area contributed by atoms with Crippen LogP contribution >= 0.6 is 0 Å². The predicted molar refractivity (Wildman–Crippen MR) is 127 cm³/mol. The molecule has 2 amide bonds. The van der Waals surface area contributed by atoms with Crippen LogP contribution in [0.3, 0.4) is 0 Å². The fourth-order valence-electron chi connectivity index (χ4n) is 5.09. The van der Waals surface area contributed by atoms with Crippen LogP contribution in [0.2, 0.25) is 0 Å². The number of ether oxygens (including phenoxy) is 2. The van der Waals surface area contributed by atoms with Gasteiger partial charge in [0.15, 0.2) is 0 Å². The Kier molecular flexibility index (Phi) is 8.80. The molecule has 0 fully saturated rings. The van der Waals surface area contributed by atoms with E-state index in [1.54, 1.807) is 0 Å². The molecule has 0 aliphatic carbocycles. The number of fused-ring (bicyclic) bond motifs is 1. The minimum Gasteiger partial charge on any atom is -0.453 e. The van der Waals surface area contributed by atoms with Crippen LogP contribution in [0.15, 0.2) is 36.4 Å². The van der Waals surface area contributed by atoms with Crippen molar-refractivity contribution in [2.24, 2.45) is 0 Å². The van der Waals surface area contributed by atoms with Gasteiger partial charge in [-0.2, -0.15) is 39.5 Å². The minimum atomic E-state index is -5.25. The average molecular weight is 600 g/mol. The highest BCUT2D eigenvalue weighted by Crippen LogP contribution is 2.52. The van der Waals surface area contributed by atoms with Gasteiger partial charge in [-0.25, -0.2) is 9.59 Å². The molecule has 41 heavy (non-hydrogen) atoms. The summed E-state index contributed by atoms with van der Waals surface area (Å²) < 4.78 is 133. The van der Waals surface area contributed by atoms with E-state index < -0.39 is 71.0 Å². The lowest BCUT2D eigenvalue weighted by atomic mass is 9.81. The molecule has 1 heterocycles. The number of alkyl halides is 9. The molecule has 1 aliphatic rings. The number of hydrogen-bond acceptors (Lipinski definition) is 4. The number of amides is 2. The normalized spacial score (nSPS) is 18.1. The van der Waals surface area contributed by atoms with E-state index in [2.05, 4.69) is 4.74 Å². The largest absolute Gasteiger partial charge is 0.453 e. The fourth-order valence-corrected chi connectivity index (χ4v) is 5.09. The number of carbonyl (C=O) groups is 2. The van der Waals surface area contributed by atoms with Gasteiger partial charge in [0.2, 0.25) is 0 Å². The van der Waals surface area contributed by atoms with E-state index in [1.165, 1.54) is 13.8 Å². The highest BCUT2D eigenvalue weighted by atomic mass is 19.4. The van der Waals surface area contributed by atoms with Gasteiger partial charge in [0.05, 0.1) is 42.1 Å². The Morgan fingerprint density at radius 3 is 1.85 bits per heavy atom. The highest BCUT2D eigenvalue weighted by Gasteiger charge is 2.49. The maximum Gasteiger partial charge on any atom is 0.416 e. The average Bonchev–Trinajstić information content (AvgIpc) is 3.20. The molecule has 1 aliphatic heterocycles. The maximum atomic E-state index is 13.8. The van der Waals surface area contributed by atoms with Crippen LogP contribution in [0.1, 0.15) is 60.0 Å². The number of carbonyl (C=O) groups excluding carboxylic acids is 2. The smallest absolute Gasteiger partial charge is 0.416 e. The van der Waals surface area contributed by atoms with Gasteiger partial charge in [0.25, 0.3) is 0 Å². The molecule has 0 saturated carbocycles. The van der Waals surface area contributed by atoms with Crippen molar-refractivity contribution in [1.29, 1.82) is 0 Å². The molecule has 0 bridgehead atoms. The first-order valence-corrected chi connectivity index (χ1v) is 12.1. The zero-order valence-electron chi connectivity index (χ0n) is 22.0. The van der Waals surface area contributed by atoms with Crippen LogP contribution in [0.5, 0.6) is 0 Å². The number of benzene rings is 2. The molecule has 0 saturated heterocycles. The zero-order valence-corrected chi connectivity index (χ0v) is 22.0. The zero-order chi connectivity index (χ0) is 31.1. The lowest BCUT2D eigenvalue weighted by Crippen LogP contribution is -2.44. The minimum absolute atomic E-state index is 0.0316. The Morgan fingerprint density at radius 2 is 1.41 bits per heavy atom. The van der Waals surface area contributed by atoms with Crippen molar-refractivity contribution >= 4 is 17.9 Å². The Morgan fingerprint density at radius 1 is 0.878 bits per heavy atom. The van der Waals surface area contributed by atoms with Gasteiger partial charge in [-0.3, -0.25) is 4.90 Å². The van der Waals surface area contributed by atoms with Crippen LogP contribution in [0.25, 0.3) is 0 Å². The number of hydrogen-bond donors (Lipinski definition) is 0. The second kappa shape index (κ2) is 11.3. The summed E-state index contributed by atoms with van der Waals surface area (Å²) >= 11 is 0. The van der Waals surface area contributed by atoms with Gasteiger partial charge >= 0.3 is 30.7 Å². The Hall–Kier alpha value is -3.65. The number of nitrogens with zero attached hydrogens (tertiary/aromatic N) is 2. The van der Waals surface area contributed by atoms with E-state index in [9.17, 15) is 49.1 Å². The molecule has 1 unspecified atom stereocenters. The molecule has 2 aromatic rings. The predicted octanol–water partition coefficient (Wildman–Crippen LogP) is 8.02. The van der Waals surface area contributed by atoms with Crippen molar-refractivity contribution < 1.29 is 58.6 Å². The third kappa shape index (κ3) is 6.32. The van der Waals surface area contributed by atoms with E-state index in [-0.39, 0.29) is 30.3 Å². The summed E-state index contributed by atoms with van der Waals surface area (Å²) in [4.78, 5) is 27.3. The van der Waals surface area contributed by atoms with Crippen LogP contribution in [0, 0.1) is 0 Å². The maximum absolute atomic E-state index is 13.8. The lowest BCUT2D eigenvalue weighted by Gasteiger charge is -2.37. The lowest BCUT2D eigenvalue weighted by molar-refractivity contribution is -0.143. The number of anilines is 1. The number of halogens is 9. The van der Waals surface area contributed by atoms with E-state index in [1.807, 2.05) is 0 Å². The van der Waals surface area contributed by atoms with E-state index >= 15 is 0 Å². The van der Waals surface area contributed by atoms with Gasteiger partial charge in [-0.1, -0.05) is 6.92 Å². The van der Waals surface area contributed by atoms with Crippen molar-refractivity contribution in [3.05, 3.63) is 64.2 Å². The second-order valence-electron chi connectivity index (χ2n) is 9.21. The third-order valence-corrected chi connectivity index (χ3v) is 6.77. The van der Waals surface area contributed by atoms with Crippen molar-refractivity contribution in [2.75, 3.05) is 25.7 Å². The first-order chi connectivity index (χ1) is 18.9. The van der Waals surface area contributed by atoms with Crippen molar-refractivity contribution in [1.82, 2.24) is 4.90 Å². The molecular formula is C26H25F9N2O4. The van der Waals surface area contributed by atoms with E-state index in [0.717, 1.165) is 25.1 Å². The Bertz CT molecular complexity index is 1260. The van der Waals surface area contributed by atoms with E-state index in [0.29, 0.717) is 29.2 Å². The molecular weight excluding hydrogens is 575 g/mol. The van der Waals surface area contributed by atoms with Gasteiger partial charge in [0.1, 0.15) is 0 Å². The van der Waals surface area contributed by atoms with Crippen LogP contribution in [0.4, 0.5) is 54.8 Å². The number of likely N-dealkylation sites (N-methyl/N-ethyl adjacent to an activating group) is 1. The molecule has 0 radical (unpaired) electrons. The molecule has 0 spiro atoms. The molecule has 15 heteroatoms. The third-order valence-electron chi connectivity index (χ3n) is 6.77. The first-order valence-electron chi connectivity index (χ1n) is 12.1. The Balaban J connectivity index is 2.42. The highest BCUT2D eigenvalue weighted by molar-refractivity contribution is 5.92. The summed E-state index contributed by atoms with van der Waals surface area (Å²) in [6.07, 6.45) is -17.6. The summed E-state index contributed by atoms with van der Waals surface area (Å²) in [6, 6.07) is 0.110. The molecule has 0 N–H and O–H groups in total. The van der Waals surface area contributed by atoms with Gasteiger partial charge in [-0.15, -0.1) is 0 Å². The van der Waals surface area contributed by atoms with Crippen LogP contribution in [-0.2, 0) is 28.0 Å². The Labute approximate surface area is 228 Å². The molecule has 3 atom stereocenters. The molecule has 6 nitrogen and oxygen atoms in total. The van der Waals surface area contributed by atoms with E-state index in [4.69, 9.17) is 4.74 Å². The van der Waals surface area contributed by atoms with Gasteiger partial charge in [-0.05, 0) is 60.9 Å². The van der Waals surface area contributed by atoms with Gasteiger partial charge in [0, 0.05) is 19.0 Å². The standard InChI is InChI=1S/C26H25F9N2O4/c1-5-18-20(17-12-14(24(27,28)29)7-8-19(17)37(18)23(39)41-6-2)21(36(3)22(38)40-4)13-9-15(25(30,31)32)11-16(10-13)26(33,34)35/h7-12,18,20-21H,5-6H2,1-4H3/t18-,20+,21?/m1/s1. The summed E-state index contributed by atoms with van der Waals surface area (Å²) in [7, 11) is 1.94. The fraction of sp³-hybridized carbons (Fsp3) is 0.462. The second-order valence-corrected chi connectivity index (χ2v) is 9.21. The SMILES string of the molecule is CCOC(=O)N1c2ccc(C(F)(F)F)cc2[C@H](C(c2cc(C(F)(F)F)cc(C(F)(F)F)c2)N(C)C(=O)OC)[C@H]1CC.